The van der Waals surface area contributed by atoms with Crippen LogP contribution >= 0.6 is 0 Å². The lowest BCUT2D eigenvalue weighted by Crippen LogP contribution is -2.46. The summed E-state index contributed by atoms with van der Waals surface area (Å²) in [5, 5.41) is 9.50. The third kappa shape index (κ3) is 3.18. The van der Waals surface area contributed by atoms with Crippen LogP contribution in [-0.4, -0.2) is 28.4 Å². The van der Waals surface area contributed by atoms with Crippen molar-refractivity contribution in [1.29, 1.82) is 0 Å². The lowest BCUT2D eigenvalue weighted by Gasteiger charge is -2.38. The second-order valence-corrected chi connectivity index (χ2v) is 5.87. The van der Waals surface area contributed by atoms with E-state index in [1.54, 1.807) is 30.3 Å². The molecule has 1 aromatic heterocycles. The molecule has 1 aromatic carbocycles. The highest BCUT2D eigenvalue weighted by Crippen LogP contribution is 2.37. The Morgan fingerprint density at radius 2 is 2.08 bits per heavy atom. The van der Waals surface area contributed by atoms with E-state index in [2.05, 4.69) is 0 Å². The average Bonchev–Trinajstić information content (AvgIpc) is 3.08. The number of carboxylic acids is 1. The second kappa shape index (κ2) is 6.86. The van der Waals surface area contributed by atoms with Crippen LogP contribution in [0.5, 0.6) is 0 Å². The van der Waals surface area contributed by atoms with Gasteiger partial charge >= 0.3 is 5.97 Å². The number of likely N-dealkylation sites (tertiary alicyclic amines) is 1. The molecule has 2 atom stereocenters. The van der Waals surface area contributed by atoms with Gasteiger partial charge in [-0.3, -0.25) is 9.59 Å². The lowest BCUT2D eigenvalue weighted by atomic mass is 9.87. The number of furan rings is 1. The summed E-state index contributed by atoms with van der Waals surface area (Å²) in [7, 11) is 0. The Labute approximate surface area is 138 Å². The van der Waals surface area contributed by atoms with Gasteiger partial charge in [0.05, 0.1) is 12.2 Å². The molecule has 1 aliphatic rings. The summed E-state index contributed by atoms with van der Waals surface area (Å²) >= 11 is 0. The first-order valence-corrected chi connectivity index (χ1v) is 7.87. The maximum atomic E-state index is 13.8. The molecule has 2 heterocycles. The molecule has 126 valence electrons. The molecule has 5 nitrogen and oxygen atoms in total. The number of benzene rings is 1. The Bertz CT molecular complexity index is 728. The van der Waals surface area contributed by atoms with Crippen molar-refractivity contribution >= 4 is 11.9 Å². The van der Waals surface area contributed by atoms with Gasteiger partial charge in [-0.05, 0) is 36.6 Å². The van der Waals surface area contributed by atoms with Crippen LogP contribution in [0.3, 0.4) is 0 Å². The van der Waals surface area contributed by atoms with Crippen LogP contribution in [0, 0.1) is 11.7 Å². The van der Waals surface area contributed by atoms with Gasteiger partial charge in [0.15, 0.2) is 0 Å². The highest BCUT2D eigenvalue weighted by Gasteiger charge is 2.42. The summed E-state index contributed by atoms with van der Waals surface area (Å²) < 4.78 is 19.2. The number of carbonyl (C=O) groups is 2. The second-order valence-electron chi connectivity index (χ2n) is 5.87. The number of carbonyl (C=O) groups excluding carboxylic acids is 1. The van der Waals surface area contributed by atoms with Gasteiger partial charge in [-0.15, -0.1) is 0 Å². The normalized spacial score (nSPS) is 21.0. The van der Waals surface area contributed by atoms with Crippen molar-refractivity contribution in [3.05, 3.63) is 59.8 Å². The van der Waals surface area contributed by atoms with E-state index < -0.39 is 17.9 Å². The van der Waals surface area contributed by atoms with Crippen LogP contribution in [0.2, 0.25) is 0 Å². The zero-order valence-electron chi connectivity index (χ0n) is 13.0. The molecule has 24 heavy (non-hydrogen) atoms. The highest BCUT2D eigenvalue weighted by molar-refractivity contribution is 5.81. The van der Waals surface area contributed by atoms with Gasteiger partial charge in [-0.2, -0.15) is 0 Å². The average molecular weight is 331 g/mol. The summed E-state index contributed by atoms with van der Waals surface area (Å²) in [5.41, 5.74) is 0.501. The number of aliphatic carboxylic acids is 1. The molecule has 0 unspecified atom stereocenters. The van der Waals surface area contributed by atoms with Crippen molar-refractivity contribution in [2.75, 3.05) is 6.54 Å². The number of hydrogen-bond acceptors (Lipinski definition) is 3. The van der Waals surface area contributed by atoms with Crippen molar-refractivity contribution in [2.24, 2.45) is 5.92 Å². The summed E-state index contributed by atoms with van der Waals surface area (Å²) in [6.45, 7) is 0.245. The third-order valence-corrected chi connectivity index (χ3v) is 4.44. The largest absolute Gasteiger partial charge is 0.481 e. The number of nitrogens with zero attached hydrogens (tertiary/aromatic N) is 1. The monoisotopic (exact) mass is 331 g/mol. The van der Waals surface area contributed by atoms with Gasteiger partial charge in [0, 0.05) is 13.0 Å². The zero-order valence-corrected chi connectivity index (χ0v) is 13.0. The van der Waals surface area contributed by atoms with E-state index in [9.17, 15) is 19.1 Å². The molecular weight excluding hydrogens is 313 g/mol. The number of amides is 1. The summed E-state index contributed by atoms with van der Waals surface area (Å²) in [6, 6.07) is 9.07. The Kier molecular flexibility index (Phi) is 4.64. The van der Waals surface area contributed by atoms with Crippen LogP contribution in [0.25, 0.3) is 0 Å². The molecule has 1 N–H and O–H groups in total. The molecule has 0 bridgehead atoms. The van der Waals surface area contributed by atoms with Gasteiger partial charge in [0.1, 0.15) is 17.6 Å². The molecule has 1 aliphatic heterocycles. The molecule has 2 aromatic rings. The van der Waals surface area contributed by atoms with E-state index >= 15 is 0 Å². The van der Waals surface area contributed by atoms with Crippen molar-refractivity contribution in [2.45, 2.75) is 25.3 Å². The van der Waals surface area contributed by atoms with E-state index in [4.69, 9.17) is 4.42 Å². The zero-order chi connectivity index (χ0) is 17.1. The number of halogens is 1. The fraction of sp³-hybridized carbons (Fsp3) is 0.333. The van der Waals surface area contributed by atoms with Crippen LogP contribution in [0.4, 0.5) is 4.39 Å². The maximum Gasteiger partial charge on any atom is 0.309 e. The Balaban J connectivity index is 1.85. The number of hydrogen-bond donors (Lipinski definition) is 1. The number of rotatable bonds is 5. The summed E-state index contributed by atoms with van der Waals surface area (Å²) in [4.78, 5) is 25.5. The molecule has 0 radical (unpaired) electrons. The topological polar surface area (TPSA) is 70.8 Å². The van der Waals surface area contributed by atoms with Crippen molar-refractivity contribution in [1.82, 2.24) is 4.90 Å². The SMILES string of the molecule is O=C(O)[C@H]1CCC(=O)N(CCc2ccccc2F)[C@H]1c1ccco1. The molecule has 0 aliphatic carbocycles. The minimum atomic E-state index is -0.959. The molecule has 1 fully saturated rings. The van der Waals surface area contributed by atoms with E-state index in [1.807, 2.05) is 0 Å². The van der Waals surface area contributed by atoms with E-state index in [1.165, 1.54) is 17.2 Å². The summed E-state index contributed by atoms with van der Waals surface area (Å²) in [6.07, 6.45) is 2.23. The van der Waals surface area contributed by atoms with Gasteiger partial charge in [-0.25, -0.2) is 4.39 Å². The Hall–Kier alpha value is -2.63. The maximum absolute atomic E-state index is 13.8. The molecule has 0 spiro atoms. The van der Waals surface area contributed by atoms with Crippen molar-refractivity contribution in [3.63, 3.8) is 0 Å². The molecule has 1 saturated heterocycles. The summed E-state index contributed by atoms with van der Waals surface area (Å²) in [5.74, 6) is -1.70. The Morgan fingerprint density at radius 1 is 1.29 bits per heavy atom. The minimum absolute atomic E-state index is 0.134. The van der Waals surface area contributed by atoms with Crippen LogP contribution < -0.4 is 0 Å². The Morgan fingerprint density at radius 3 is 2.75 bits per heavy atom. The third-order valence-electron chi connectivity index (χ3n) is 4.44. The molecule has 6 heteroatoms. The predicted molar refractivity (Wildman–Crippen MR) is 83.6 cm³/mol. The first kappa shape index (κ1) is 16.2. The fourth-order valence-electron chi connectivity index (χ4n) is 3.23. The fourth-order valence-corrected chi connectivity index (χ4v) is 3.23. The van der Waals surface area contributed by atoms with Crippen LogP contribution in [0.1, 0.15) is 30.2 Å². The van der Waals surface area contributed by atoms with Gasteiger partial charge in [0.2, 0.25) is 5.91 Å². The quantitative estimate of drug-likeness (QED) is 0.914. The molecule has 1 amide bonds. The predicted octanol–water partition coefficient (Wildman–Crippen LogP) is 3.03. The molecule has 3 rings (SSSR count). The van der Waals surface area contributed by atoms with E-state index in [-0.39, 0.29) is 31.1 Å². The number of piperidine rings is 1. The molecular formula is C18H18FNO4. The van der Waals surface area contributed by atoms with E-state index in [0.717, 1.165) is 0 Å². The first-order valence-electron chi connectivity index (χ1n) is 7.87. The van der Waals surface area contributed by atoms with Crippen molar-refractivity contribution < 1.29 is 23.5 Å². The van der Waals surface area contributed by atoms with Crippen LogP contribution in [0.15, 0.2) is 47.1 Å². The number of carboxylic acid groups (broad SMARTS) is 1. The van der Waals surface area contributed by atoms with Gasteiger partial charge < -0.3 is 14.4 Å². The lowest BCUT2D eigenvalue weighted by molar-refractivity contribution is -0.152. The standard InChI is InChI=1S/C18H18FNO4/c19-14-5-2-1-4-12(14)9-10-20-16(21)8-7-13(18(22)23)17(20)15-6-3-11-24-15/h1-6,11,13,17H,7-10H2,(H,22,23)/t13-,17+/m0/s1. The van der Waals surface area contributed by atoms with Gasteiger partial charge in [0.25, 0.3) is 0 Å². The smallest absolute Gasteiger partial charge is 0.309 e. The van der Waals surface area contributed by atoms with Crippen LogP contribution in [-0.2, 0) is 16.0 Å². The highest BCUT2D eigenvalue weighted by atomic mass is 19.1. The van der Waals surface area contributed by atoms with Crippen molar-refractivity contribution in [3.8, 4) is 0 Å². The minimum Gasteiger partial charge on any atom is -0.481 e. The first-order chi connectivity index (χ1) is 11.6. The van der Waals surface area contributed by atoms with Gasteiger partial charge in [-0.1, -0.05) is 18.2 Å². The van der Waals surface area contributed by atoms with E-state index in [0.29, 0.717) is 17.7 Å². The molecule has 0 saturated carbocycles.